The van der Waals surface area contributed by atoms with E-state index in [1.807, 2.05) is 40.6 Å². The molecule has 0 unspecified atom stereocenters. The number of piperidine rings is 1. The highest BCUT2D eigenvalue weighted by atomic mass is 32.1. The van der Waals surface area contributed by atoms with E-state index < -0.39 is 11.7 Å². The number of amides is 1. The summed E-state index contributed by atoms with van der Waals surface area (Å²) in [6, 6.07) is 14.9. The number of hydrogen-bond donors (Lipinski definition) is 0. The largest absolute Gasteiger partial charge is 0.416 e. The minimum absolute atomic E-state index is 0.0850. The topological polar surface area (TPSA) is 36.4 Å². The molecule has 4 nitrogen and oxygen atoms in total. The van der Waals surface area contributed by atoms with Crippen LogP contribution >= 0.6 is 11.3 Å². The van der Waals surface area contributed by atoms with Crippen LogP contribution in [0.25, 0.3) is 10.6 Å². The number of alkyl halides is 3. The zero-order valence-electron chi connectivity index (χ0n) is 19.1. The van der Waals surface area contributed by atoms with Crippen LogP contribution in [0.5, 0.6) is 0 Å². The van der Waals surface area contributed by atoms with Crippen LogP contribution in [-0.4, -0.2) is 46.4 Å². The predicted octanol–water partition coefficient (Wildman–Crippen LogP) is 6.35. The molecule has 0 N–H and O–H groups in total. The van der Waals surface area contributed by atoms with Gasteiger partial charge in [0.15, 0.2) is 0 Å². The molecule has 0 atom stereocenters. The van der Waals surface area contributed by atoms with E-state index in [4.69, 9.17) is 4.98 Å². The van der Waals surface area contributed by atoms with Crippen molar-refractivity contribution in [3.8, 4) is 10.6 Å². The second-order valence-corrected chi connectivity index (χ2v) is 9.44. The number of likely N-dealkylation sites (tertiary alicyclic amines) is 1. The van der Waals surface area contributed by atoms with Crippen LogP contribution in [0.3, 0.4) is 0 Å². The highest BCUT2D eigenvalue weighted by Crippen LogP contribution is 2.32. The standard InChI is InChI=1S/C26H28F3N3OS/c1-2-14-32(23-12-15-31(16-13-23)25(33)20-6-4-3-5-7-20)17-22-18-34-24(30-22)19-8-10-21(11-9-19)26(27,28)29/h3-11,18,23H,2,12-17H2,1H3. The van der Waals surface area contributed by atoms with Gasteiger partial charge in [-0.1, -0.05) is 37.3 Å². The Labute approximate surface area is 202 Å². The van der Waals surface area contributed by atoms with Gasteiger partial charge in [0.1, 0.15) is 5.01 Å². The third-order valence-corrected chi connectivity index (χ3v) is 7.12. The van der Waals surface area contributed by atoms with Crippen LogP contribution in [0.15, 0.2) is 60.0 Å². The summed E-state index contributed by atoms with van der Waals surface area (Å²) in [4.78, 5) is 21.8. The first-order valence-electron chi connectivity index (χ1n) is 11.6. The Kier molecular flexibility index (Phi) is 7.68. The van der Waals surface area contributed by atoms with Crippen LogP contribution in [0.4, 0.5) is 13.2 Å². The van der Waals surface area contributed by atoms with Crippen LogP contribution in [0, 0.1) is 0 Å². The van der Waals surface area contributed by atoms with Gasteiger partial charge >= 0.3 is 6.18 Å². The fraction of sp³-hybridized carbons (Fsp3) is 0.385. The van der Waals surface area contributed by atoms with Crippen molar-refractivity contribution in [1.82, 2.24) is 14.8 Å². The first-order valence-corrected chi connectivity index (χ1v) is 12.4. The Morgan fingerprint density at radius 2 is 1.76 bits per heavy atom. The monoisotopic (exact) mass is 487 g/mol. The molecule has 0 spiro atoms. The van der Waals surface area contributed by atoms with E-state index in [1.54, 1.807) is 0 Å². The van der Waals surface area contributed by atoms with Crippen molar-refractivity contribution in [2.24, 2.45) is 0 Å². The average Bonchev–Trinajstić information content (AvgIpc) is 3.32. The molecule has 180 valence electrons. The summed E-state index contributed by atoms with van der Waals surface area (Å²) in [6.45, 7) is 5.24. The fourth-order valence-electron chi connectivity index (χ4n) is 4.40. The smallest absolute Gasteiger partial charge is 0.339 e. The summed E-state index contributed by atoms with van der Waals surface area (Å²) in [5, 5.41) is 2.72. The molecule has 0 aliphatic carbocycles. The minimum Gasteiger partial charge on any atom is -0.339 e. The van der Waals surface area contributed by atoms with Gasteiger partial charge < -0.3 is 4.90 Å². The zero-order valence-corrected chi connectivity index (χ0v) is 19.9. The molecule has 0 bridgehead atoms. The molecule has 8 heteroatoms. The maximum Gasteiger partial charge on any atom is 0.416 e. The minimum atomic E-state index is -4.34. The van der Waals surface area contributed by atoms with E-state index in [1.165, 1.54) is 23.5 Å². The molecule has 0 radical (unpaired) electrons. The number of carbonyl (C=O) groups excluding carboxylic acids is 1. The number of nitrogens with zero attached hydrogens (tertiary/aromatic N) is 3. The van der Waals surface area contributed by atoms with Gasteiger partial charge in [-0.25, -0.2) is 4.98 Å². The molecule has 1 aliphatic rings. The lowest BCUT2D eigenvalue weighted by atomic mass is 10.0. The maximum atomic E-state index is 12.8. The van der Waals surface area contributed by atoms with Gasteiger partial charge in [0.2, 0.25) is 0 Å². The SMILES string of the molecule is CCCN(Cc1csc(-c2ccc(C(F)(F)F)cc2)n1)C1CCN(C(=O)c2ccccc2)CC1. The predicted molar refractivity (Wildman–Crippen MR) is 129 cm³/mol. The van der Waals surface area contributed by atoms with Gasteiger partial charge in [-0.15, -0.1) is 11.3 Å². The second-order valence-electron chi connectivity index (χ2n) is 8.58. The molecule has 2 heterocycles. The van der Waals surface area contributed by atoms with Gasteiger partial charge in [-0.2, -0.15) is 13.2 Å². The summed E-state index contributed by atoms with van der Waals surface area (Å²) < 4.78 is 38.5. The summed E-state index contributed by atoms with van der Waals surface area (Å²) in [7, 11) is 0. The van der Waals surface area contributed by atoms with E-state index in [2.05, 4.69) is 11.8 Å². The Morgan fingerprint density at radius 1 is 1.09 bits per heavy atom. The number of rotatable bonds is 7. The third-order valence-electron chi connectivity index (χ3n) is 6.18. The van der Waals surface area contributed by atoms with Gasteiger partial charge in [0, 0.05) is 42.2 Å². The van der Waals surface area contributed by atoms with Gasteiger partial charge in [-0.05, 0) is 50.1 Å². The Balaban J connectivity index is 1.38. The summed E-state index contributed by atoms with van der Waals surface area (Å²) in [6.07, 6.45) is -1.50. The molecule has 1 aliphatic heterocycles. The van der Waals surface area contributed by atoms with Crippen LogP contribution in [0.2, 0.25) is 0 Å². The maximum absolute atomic E-state index is 12.8. The summed E-state index contributed by atoms with van der Waals surface area (Å²) in [5.41, 5.74) is 1.69. The Morgan fingerprint density at radius 3 is 2.38 bits per heavy atom. The van der Waals surface area contributed by atoms with Crippen molar-refractivity contribution in [2.45, 2.75) is 44.9 Å². The lowest BCUT2D eigenvalue weighted by molar-refractivity contribution is -0.137. The van der Waals surface area contributed by atoms with Crippen molar-refractivity contribution in [3.05, 3.63) is 76.8 Å². The average molecular weight is 488 g/mol. The molecule has 1 fully saturated rings. The van der Waals surface area contributed by atoms with E-state index in [0.717, 1.165) is 67.3 Å². The van der Waals surface area contributed by atoms with Crippen molar-refractivity contribution in [1.29, 1.82) is 0 Å². The molecule has 2 aromatic carbocycles. The van der Waals surface area contributed by atoms with Crippen molar-refractivity contribution >= 4 is 17.2 Å². The number of benzene rings is 2. The Bertz CT molecular complexity index is 1070. The highest BCUT2D eigenvalue weighted by Gasteiger charge is 2.30. The van der Waals surface area contributed by atoms with Crippen molar-refractivity contribution in [3.63, 3.8) is 0 Å². The van der Waals surface area contributed by atoms with Crippen molar-refractivity contribution < 1.29 is 18.0 Å². The Hall–Kier alpha value is -2.71. The molecule has 1 amide bonds. The first-order chi connectivity index (χ1) is 16.3. The molecule has 1 saturated heterocycles. The second kappa shape index (κ2) is 10.7. The summed E-state index contributed by atoms with van der Waals surface area (Å²) >= 11 is 1.45. The summed E-state index contributed by atoms with van der Waals surface area (Å²) in [5.74, 6) is 0.0850. The number of halogens is 3. The molecule has 34 heavy (non-hydrogen) atoms. The van der Waals surface area contributed by atoms with Crippen LogP contribution in [0.1, 0.15) is 47.8 Å². The highest BCUT2D eigenvalue weighted by molar-refractivity contribution is 7.13. The fourth-order valence-corrected chi connectivity index (χ4v) is 5.21. The van der Waals surface area contributed by atoms with Gasteiger partial charge in [0.25, 0.3) is 5.91 Å². The van der Waals surface area contributed by atoms with Crippen LogP contribution < -0.4 is 0 Å². The van der Waals surface area contributed by atoms with E-state index >= 15 is 0 Å². The van der Waals surface area contributed by atoms with E-state index in [-0.39, 0.29) is 5.91 Å². The van der Waals surface area contributed by atoms with E-state index in [0.29, 0.717) is 18.2 Å². The van der Waals surface area contributed by atoms with Crippen LogP contribution in [-0.2, 0) is 12.7 Å². The molecule has 0 saturated carbocycles. The van der Waals surface area contributed by atoms with Gasteiger partial charge in [-0.3, -0.25) is 9.69 Å². The normalized spacial score (nSPS) is 15.1. The first kappa shape index (κ1) is 24.4. The lowest BCUT2D eigenvalue weighted by Crippen LogP contribution is -2.46. The molecular weight excluding hydrogens is 459 g/mol. The zero-order chi connectivity index (χ0) is 24.1. The molecule has 4 rings (SSSR count). The van der Waals surface area contributed by atoms with E-state index in [9.17, 15) is 18.0 Å². The third kappa shape index (κ3) is 5.85. The molecular formula is C26H28F3N3OS. The molecule has 3 aromatic rings. The number of carbonyl (C=O) groups is 1. The number of thiazole rings is 1. The van der Waals surface area contributed by atoms with Crippen molar-refractivity contribution in [2.75, 3.05) is 19.6 Å². The molecule has 1 aromatic heterocycles. The quantitative estimate of drug-likeness (QED) is 0.390. The lowest BCUT2D eigenvalue weighted by Gasteiger charge is -2.38. The number of aromatic nitrogens is 1. The van der Waals surface area contributed by atoms with Gasteiger partial charge in [0.05, 0.1) is 11.3 Å². The number of hydrogen-bond acceptors (Lipinski definition) is 4.